The molecule has 0 bridgehead atoms. The van der Waals surface area contributed by atoms with Crippen LogP contribution in [0, 0.1) is 11.8 Å². The molecule has 1 aromatic rings. The molecule has 2 aliphatic rings. The van der Waals surface area contributed by atoms with Crippen molar-refractivity contribution in [2.75, 3.05) is 7.05 Å². The van der Waals surface area contributed by atoms with Crippen molar-refractivity contribution < 1.29 is 0 Å². The van der Waals surface area contributed by atoms with Crippen molar-refractivity contribution in [1.82, 2.24) is 10.3 Å². The summed E-state index contributed by atoms with van der Waals surface area (Å²) in [6, 6.07) is 0. The molecular formula is C15H24N2S. The van der Waals surface area contributed by atoms with Crippen LogP contribution in [0.5, 0.6) is 0 Å². The van der Waals surface area contributed by atoms with Crippen molar-refractivity contribution in [3.8, 4) is 0 Å². The van der Waals surface area contributed by atoms with Gasteiger partial charge in [0.2, 0.25) is 0 Å². The predicted octanol–water partition coefficient (Wildman–Crippen LogP) is 3.50. The zero-order valence-corrected chi connectivity index (χ0v) is 12.6. The molecule has 1 aromatic heterocycles. The fourth-order valence-corrected chi connectivity index (χ4v) is 5.24. The van der Waals surface area contributed by atoms with E-state index in [2.05, 4.69) is 26.2 Å². The minimum Gasteiger partial charge on any atom is -0.308 e. The van der Waals surface area contributed by atoms with Crippen LogP contribution in [0.15, 0.2) is 0 Å². The summed E-state index contributed by atoms with van der Waals surface area (Å²) in [5.41, 5.74) is 1.54. The predicted molar refractivity (Wildman–Crippen MR) is 77.1 cm³/mol. The molecule has 2 nitrogen and oxygen atoms in total. The van der Waals surface area contributed by atoms with Crippen LogP contribution in [0.3, 0.4) is 0 Å². The van der Waals surface area contributed by atoms with Gasteiger partial charge in [0, 0.05) is 4.88 Å². The molecule has 100 valence electrons. The van der Waals surface area contributed by atoms with Crippen LogP contribution in [-0.4, -0.2) is 12.0 Å². The minimum absolute atomic E-state index is 0.146. The highest BCUT2D eigenvalue weighted by Gasteiger charge is 2.43. The molecule has 18 heavy (non-hydrogen) atoms. The van der Waals surface area contributed by atoms with Crippen LogP contribution >= 0.6 is 11.3 Å². The van der Waals surface area contributed by atoms with Gasteiger partial charge in [0.15, 0.2) is 0 Å². The van der Waals surface area contributed by atoms with Crippen LogP contribution < -0.4 is 5.32 Å². The van der Waals surface area contributed by atoms with E-state index < -0.39 is 0 Å². The molecule has 0 aromatic carbocycles. The second-order valence-corrected chi connectivity index (χ2v) is 7.34. The number of nitrogens with one attached hydrogen (secondary N) is 1. The van der Waals surface area contributed by atoms with Crippen molar-refractivity contribution in [2.45, 2.75) is 57.9 Å². The maximum Gasteiger partial charge on any atom is 0.114 e. The lowest BCUT2D eigenvalue weighted by Gasteiger charge is -2.43. The molecule has 0 radical (unpaired) electrons. The lowest BCUT2D eigenvalue weighted by Crippen LogP contribution is -2.49. The smallest absolute Gasteiger partial charge is 0.114 e. The Kier molecular flexibility index (Phi) is 3.23. The van der Waals surface area contributed by atoms with Gasteiger partial charge in [0.25, 0.3) is 0 Å². The van der Waals surface area contributed by atoms with E-state index in [0.717, 1.165) is 5.92 Å². The summed E-state index contributed by atoms with van der Waals surface area (Å²) in [5, 5.41) is 5.02. The lowest BCUT2D eigenvalue weighted by atomic mass is 9.70. The Morgan fingerprint density at radius 1 is 1.28 bits per heavy atom. The SMILES string of the molecule is CNC1(c2nc3c(s2)CCC3)CC(C)CCC1C. The molecule has 0 saturated heterocycles. The number of hydrogen-bond acceptors (Lipinski definition) is 3. The average Bonchev–Trinajstić information content (AvgIpc) is 2.93. The van der Waals surface area contributed by atoms with Gasteiger partial charge < -0.3 is 5.32 Å². The normalized spacial score (nSPS) is 35.7. The highest BCUT2D eigenvalue weighted by Crippen LogP contribution is 2.46. The molecular weight excluding hydrogens is 240 g/mol. The number of fused-ring (bicyclic) bond motifs is 1. The molecule has 1 N–H and O–H groups in total. The van der Waals surface area contributed by atoms with E-state index in [1.807, 2.05) is 11.3 Å². The van der Waals surface area contributed by atoms with Crippen LogP contribution in [-0.2, 0) is 18.4 Å². The number of aryl methyl sites for hydroxylation is 2. The third-order valence-electron chi connectivity index (χ3n) is 5.03. The molecule has 0 spiro atoms. The van der Waals surface area contributed by atoms with E-state index in [4.69, 9.17) is 4.98 Å². The van der Waals surface area contributed by atoms with Crippen molar-refractivity contribution in [3.63, 3.8) is 0 Å². The quantitative estimate of drug-likeness (QED) is 0.884. The van der Waals surface area contributed by atoms with Crippen molar-refractivity contribution >= 4 is 11.3 Å². The topological polar surface area (TPSA) is 24.9 Å². The molecule has 1 saturated carbocycles. The third kappa shape index (κ3) is 1.83. The van der Waals surface area contributed by atoms with E-state index >= 15 is 0 Å². The number of aromatic nitrogens is 1. The monoisotopic (exact) mass is 264 g/mol. The summed E-state index contributed by atoms with van der Waals surface area (Å²) in [6.45, 7) is 4.79. The summed E-state index contributed by atoms with van der Waals surface area (Å²) in [6.07, 6.45) is 7.72. The maximum atomic E-state index is 5.00. The Balaban J connectivity index is 1.98. The highest BCUT2D eigenvalue weighted by atomic mass is 32.1. The zero-order valence-electron chi connectivity index (χ0n) is 11.8. The molecule has 3 heteroatoms. The Morgan fingerprint density at radius 2 is 2.11 bits per heavy atom. The van der Waals surface area contributed by atoms with Crippen LogP contribution in [0.4, 0.5) is 0 Å². The van der Waals surface area contributed by atoms with E-state index in [9.17, 15) is 0 Å². The molecule has 0 aliphatic heterocycles. The van der Waals surface area contributed by atoms with Gasteiger partial charge in [0.1, 0.15) is 5.01 Å². The van der Waals surface area contributed by atoms with E-state index in [-0.39, 0.29) is 5.54 Å². The largest absolute Gasteiger partial charge is 0.308 e. The fourth-order valence-electron chi connectivity index (χ4n) is 3.77. The summed E-state index contributed by atoms with van der Waals surface area (Å²) >= 11 is 1.98. The maximum absolute atomic E-state index is 5.00. The first-order chi connectivity index (χ1) is 8.65. The van der Waals surface area contributed by atoms with Crippen LogP contribution in [0.2, 0.25) is 0 Å². The first kappa shape index (κ1) is 12.6. The van der Waals surface area contributed by atoms with E-state index in [1.165, 1.54) is 49.2 Å². The van der Waals surface area contributed by atoms with Crippen molar-refractivity contribution in [3.05, 3.63) is 15.6 Å². The van der Waals surface area contributed by atoms with E-state index in [1.54, 1.807) is 4.88 Å². The zero-order chi connectivity index (χ0) is 12.8. The van der Waals surface area contributed by atoms with Gasteiger partial charge in [-0.15, -0.1) is 11.3 Å². The Labute approximate surface area is 114 Å². The van der Waals surface area contributed by atoms with Crippen molar-refractivity contribution in [2.24, 2.45) is 11.8 Å². The van der Waals surface area contributed by atoms with Gasteiger partial charge in [-0.3, -0.25) is 0 Å². The van der Waals surface area contributed by atoms with Gasteiger partial charge in [-0.25, -0.2) is 4.98 Å². The first-order valence-corrected chi connectivity index (χ1v) is 8.15. The highest BCUT2D eigenvalue weighted by molar-refractivity contribution is 7.12. The summed E-state index contributed by atoms with van der Waals surface area (Å²) in [5.74, 6) is 1.51. The summed E-state index contributed by atoms with van der Waals surface area (Å²) in [7, 11) is 2.13. The van der Waals surface area contributed by atoms with Crippen LogP contribution in [0.25, 0.3) is 0 Å². The second kappa shape index (κ2) is 4.61. The lowest BCUT2D eigenvalue weighted by molar-refractivity contribution is 0.127. The van der Waals surface area contributed by atoms with Gasteiger partial charge in [0.05, 0.1) is 11.2 Å². The third-order valence-corrected chi connectivity index (χ3v) is 6.36. The fraction of sp³-hybridized carbons (Fsp3) is 0.800. The number of hydrogen-bond donors (Lipinski definition) is 1. The van der Waals surface area contributed by atoms with Crippen molar-refractivity contribution in [1.29, 1.82) is 0 Å². The minimum atomic E-state index is 0.146. The Bertz CT molecular complexity index is 418. The molecule has 3 rings (SSSR count). The van der Waals surface area contributed by atoms with Gasteiger partial charge >= 0.3 is 0 Å². The van der Waals surface area contributed by atoms with Gasteiger partial charge in [-0.1, -0.05) is 20.3 Å². The van der Waals surface area contributed by atoms with Crippen LogP contribution in [0.1, 0.15) is 55.1 Å². The Morgan fingerprint density at radius 3 is 2.83 bits per heavy atom. The number of rotatable bonds is 2. The molecule has 1 heterocycles. The van der Waals surface area contributed by atoms with Gasteiger partial charge in [-0.05, 0) is 51.0 Å². The molecule has 0 amide bonds. The summed E-state index contributed by atoms with van der Waals surface area (Å²) in [4.78, 5) is 6.56. The average molecular weight is 264 g/mol. The first-order valence-electron chi connectivity index (χ1n) is 7.33. The number of thiazole rings is 1. The molecule has 2 aliphatic carbocycles. The van der Waals surface area contributed by atoms with E-state index in [0.29, 0.717) is 5.92 Å². The molecule has 3 atom stereocenters. The standard InChI is InChI=1S/C15H24N2S/c1-10-7-8-11(2)15(9-10,16-3)14-17-12-5-4-6-13(12)18-14/h10-11,16H,4-9H2,1-3H3. The molecule has 3 unspecified atom stereocenters. The Hall–Kier alpha value is -0.410. The molecule has 1 fully saturated rings. The van der Waals surface area contributed by atoms with Gasteiger partial charge in [-0.2, -0.15) is 0 Å². The second-order valence-electron chi connectivity index (χ2n) is 6.25. The summed E-state index contributed by atoms with van der Waals surface area (Å²) < 4.78 is 0. The number of nitrogens with zero attached hydrogens (tertiary/aromatic N) is 1.